The Morgan fingerprint density at radius 1 is 0.725 bits per heavy atom. The van der Waals surface area contributed by atoms with E-state index in [0.29, 0.717) is 24.3 Å². The Morgan fingerprint density at radius 2 is 1.20 bits per heavy atom. The van der Waals surface area contributed by atoms with Gasteiger partial charge in [0.2, 0.25) is 5.41 Å². The maximum Gasteiger partial charge on any atom is 0.411 e. The van der Waals surface area contributed by atoms with E-state index >= 15 is 0 Å². The number of benzene rings is 3. The Hall–Kier alpha value is -4.60. The second kappa shape index (κ2) is 12.1. The van der Waals surface area contributed by atoms with E-state index in [0.717, 1.165) is 24.3 Å². The van der Waals surface area contributed by atoms with Crippen molar-refractivity contribution in [3.8, 4) is 11.5 Å². The maximum atomic E-state index is 14.4. The summed E-state index contributed by atoms with van der Waals surface area (Å²) in [7, 11) is 0. The van der Waals surface area contributed by atoms with E-state index in [2.05, 4.69) is 6.58 Å². The van der Waals surface area contributed by atoms with E-state index in [-0.39, 0.29) is 22.6 Å². The molecule has 3 rings (SSSR count). The molecule has 4 nitrogen and oxygen atoms in total. The predicted molar refractivity (Wildman–Crippen MR) is 136 cm³/mol. The van der Waals surface area contributed by atoms with Crippen LogP contribution in [0.2, 0.25) is 0 Å². The van der Waals surface area contributed by atoms with E-state index in [1.165, 1.54) is 36.4 Å². The van der Waals surface area contributed by atoms with E-state index in [4.69, 9.17) is 9.47 Å². The molecule has 0 atom stereocenters. The number of hydrogen-bond donors (Lipinski definition) is 0. The second-order valence-corrected chi connectivity index (χ2v) is 8.30. The lowest BCUT2D eigenvalue weighted by Gasteiger charge is -2.38. The third-order valence-electron chi connectivity index (χ3n) is 5.74. The first kappa shape index (κ1) is 29.9. The molecule has 0 heterocycles. The molecule has 3 aromatic rings. The summed E-state index contributed by atoms with van der Waals surface area (Å²) in [5.74, 6) is -2.24. The summed E-state index contributed by atoms with van der Waals surface area (Å²) in [6.45, 7) is 5.09. The highest BCUT2D eigenvalue weighted by molar-refractivity contribution is 5.93. The van der Waals surface area contributed by atoms with Crippen molar-refractivity contribution in [2.24, 2.45) is 0 Å². The molecule has 0 aromatic heterocycles. The molecule has 0 spiro atoms. The summed E-state index contributed by atoms with van der Waals surface area (Å²) in [5.41, 5.74) is -6.54. The molecular weight excluding hydrogens is 538 g/mol. The van der Waals surface area contributed by atoms with Crippen molar-refractivity contribution in [3.05, 3.63) is 132 Å². The molecule has 0 bridgehead atoms. The Bertz CT molecular complexity index is 1390. The molecule has 0 unspecified atom stereocenters. The summed E-state index contributed by atoms with van der Waals surface area (Å²) >= 11 is 0. The van der Waals surface area contributed by atoms with Crippen LogP contribution < -0.4 is 9.47 Å². The molecule has 0 aliphatic heterocycles. The minimum Gasteiger partial charge on any atom is -0.423 e. The number of alkyl halides is 6. The van der Waals surface area contributed by atoms with Crippen LogP contribution in [0.1, 0.15) is 28.4 Å². The normalized spacial score (nSPS) is 12.7. The molecule has 0 amide bonds. The van der Waals surface area contributed by atoms with Crippen molar-refractivity contribution >= 4 is 11.9 Å². The number of carbonyl (C=O) groups is 2. The van der Waals surface area contributed by atoms with Gasteiger partial charge in [0.05, 0.1) is 11.1 Å². The summed E-state index contributed by atoms with van der Waals surface area (Å²) in [5, 5.41) is 0. The fraction of sp³-hybridized carbons (Fsp3) is 0.133. The Labute approximate surface area is 225 Å². The standard InChI is InChI=1S/C30H22F6O4/c1-3-8-20(9-4-2)26(37)39-24-16-12-22(13-17-24)28(29(31,32)33,30(34,35)36)23-14-18-25(19-15-23)40-27(38)21-10-6-5-7-11-21/h3-19H,1H2,2H3/b9-4-,20-8+. The molecule has 10 heteroatoms. The van der Waals surface area contributed by atoms with Gasteiger partial charge in [-0.3, -0.25) is 0 Å². The number of halogens is 6. The van der Waals surface area contributed by atoms with Crippen LogP contribution in [0.4, 0.5) is 26.3 Å². The monoisotopic (exact) mass is 560 g/mol. The van der Waals surface area contributed by atoms with Crippen molar-refractivity contribution in [1.82, 2.24) is 0 Å². The molecular formula is C30H22F6O4. The first-order valence-electron chi connectivity index (χ1n) is 11.6. The minimum absolute atomic E-state index is 0.0644. The van der Waals surface area contributed by atoms with Crippen molar-refractivity contribution in [3.63, 3.8) is 0 Å². The molecule has 0 fully saturated rings. The molecule has 0 radical (unpaired) electrons. The van der Waals surface area contributed by atoms with Crippen LogP contribution in [0, 0.1) is 0 Å². The van der Waals surface area contributed by atoms with Gasteiger partial charge < -0.3 is 9.47 Å². The van der Waals surface area contributed by atoms with Crippen LogP contribution in [0.5, 0.6) is 11.5 Å². The Morgan fingerprint density at radius 3 is 1.62 bits per heavy atom. The summed E-state index contributed by atoms with van der Waals surface area (Å²) in [6, 6.07) is 13.4. The zero-order chi connectivity index (χ0) is 29.6. The third-order valence-corrected chi connectivity index (χ3v) is 5.74. The zero-order valence-corrected chi connectivity index (χ0v) is 20.9. The predicted octanol–water partition coefficient (Wildman–Crippen LogP) is 7.91. The fourth-order valence-electron chi connectivity index (χ4n) is 3.93. The maximum absolute atomic E-state index is 14.4. The molecule has 0 aliphatic rings. The highest BCUT2D eigenvalue weighted by Crippen LogP contribution is 2.56. The molecule has 0 saturated carbocycles. The first-order valence-corrected chi connectivity index (χ1v) is 11.6. The van der Waals surface area contributed by atoms with Crippen molar-refractivity contribution < 1.29 is 45.4 Å². The molecule has 208 valence electrons. The van der Waals surface area contributed by atoms with E-state index in [1.807, 2.05) is 0 Å². The zero-order valence-electron chi connectivity index (χ0n) is 20.9. The third kappa shape index (κ3) is 6.17. The van der Waals surface area contributed by atoms with Gasteiger partial charge in [-0.2, -0.15) is 26.3 Å². The van der Waals surface area contributed by atoms with Crippen LogP contribution in [0.15, 0.2) is 115 Å². The van der Waals surface area contributed by atoms with Crippen molar-refractivity contribution in [2.45, 2.75) is 24.7 Å². The van der Waals surface area contributed by atoms with Gasteiger partial charge in [0, 0.05) is 0 Å². The van der Waals surface area contributed by atoms with Crippen LogP contribution in [-0.2, 0) is 10.2 Å². The van der Waals surface area contributed by atoms with Crippen LogP contribution in [-0.4, -0.2) is 24.3 Å². The van der Waals surface area contributed by atoms with Gasteiger partial charge in [-0.1, -0.05) is 67.3 Å². The Balaban J connectivity index is 2.00. The summed E-state index contributed by atoms with van der Waals surface area (Å²) < 4.78 is 96.9. The molecule has 3 aromatic carbocycles. The largest absolute Gasteiger partial charge is 0.423 e. The molecule has 0 saturated heterocycles. The van der Waals surface area contributed by atoms with Crippen LogP contribution in [0.3, 0.4) is 0 Å². The number of allylic oxidation sites excluding steroid dienone is 3. The van der Waals surface area contributed by atoms with Gasteiger partial charge in [0.15, 0.2) is 0 Å². The molecule has 0 aliphatic carbocycles. The topological polar surface area (TPSA) is 52.6 Å². The van der Waals surface area contributed by atoms with E-state index in [9.17, 15) is 35.9 Å². The number of esters is 2. The van der Waals surface area contributed by atoms with E-state index < -0.39 is 40.8 Å². The van der Waals surface area contributed by atoms with Crippen LogP contribution >= 0.6 is 0 Å². The van der Waals surface area contributed by atoms with Gasteiger partial charge >= 0.3 is 24.3 Å². The van der Waals surface area contributed by atoms with Gasteiger partial charge in [0.1, 0.15) is 11.5 Å². The second-order valence-electron chi connectivity index (χ2n) is 8.30. The number of ether oxygens (including phenoxy) is 2. The summed E-state index contributed by atoms with van der Waals surface area (Å²) in [6.07, 6.45) is -6.09. The highest BCUT2D eigenvalue weighted by Gasteiger charge is 2.72. The van der Waals surface area contributed by atoms with Crippen LogP contribution in [0.25, 0.3) is 0 Å². The lowest BCUT2D eigenvalue weighted by molar-refractivity contribution is -0.288. The van der Waals surface area contributed by atoms with Crippen molar-refractivity contribution in [1.29, 1.82) is 0 Å². The smallest absolute Gasteiger partial charge is 0.411 e. The Kier molecular flexibility index (Phi) is 9.03. The fourth-order valence-corrected chi connectivity index (χ4v) is 3.93. The van der Waals surface area contributed by atoms with Gasteiger partial charge in [0.25, 0.3) is 0 Å². The van der Waals surface area contributed by atoms with Gasteiger partial charge in [-0.25, -0.2) is 9.59 Å². The molecule has 40 heavy (non-hydrogen) atoms. The van der Waals surface area contributed by atoms with Gasteiger partial charge in [-0.15, -0.1) is 0 Å². The summed E-state index contributed by atoms with van der Waals surface area (Å²) in [4.78, 5) is 24.6. The first-order chi connectivity index (χ1) is 18.8. The van der Waals surface area contributed by atoms with E-state index in [1.54, 1.807) is 25.1 Å². The quantitative estimate of drug-likeness (QED) is 0.0924. The highest BCUT2D eigenvalue weighted by atomic mass is 19.4. The lowest BCUT2D eigenvalue weighted by atomic mass is 9.73. The van der Waals surface area contributed by atoms with Gasteiger partial charge in [-0.05, 0) is 60.5 Å². The van der Waals surface area contributed by atoms with Crippen molar-refractivity contribution in [2.75, 3.05) is 0 Å². The lowest BCUT2D eigenvalue weighted by Crippen LogP contribution is -2.54. The number of rotatable bonds is 8. The molecule has 0 N–H and O–H groups in total. The SMILES string of the molecule is C=C/C=C(\C=C/C)C(=O)Oc1ccc(C(c2ccc(OC(=O)c3ccccc3)cc2)(C(F)(F)F)C(F)(F)F)cc1. The number of carbonyl (C=O) groups excluding carboxylic acids is 2. The average Bonchev–Trinajstić information content (AvgIpc) is 2.89. The number of hydrogen-bond acceptors (Lipinski definition) is 4. The average molecular weight is 560 g/mol. The minimum atomic E-state index is -5.84.